The van der Waals surface area contributed by atoms with Gasteiger partial charge in [0.15, 0.2) is 0 Å². The largest absolute Gasteiger partial charge is 0.308 e. The predicted molar refractivity (Wildman–Crippen MR) is 209 cm³/mol. The first kappa shape index (κ1) is 33.7. The van der Waals surface area contributed by atoms with E-state index in [1.54, 1.807) is 0 Å². The fraction of sp³-hybridized carbons (Fsp3) is 0.130. The van der Waals surface area contributed by atoms with E-state index in [1.165, 1.54) is 4.90 Å². The van der Waals surface area contributed by atoms with E-state index >= 15 is 0 Å². The van der Waals surface area contributed by atoms with E-state index in [4.69, 9.17) is 0 Å². The molecule has 0 saturated heterocycles. The number of hydrogen-bond donors (Lipinski definition) is 0. The monoisotopic (exact) mass is 676 g/mol. The maximum atomic E-state index is 14.7. The predicted octanol–water partition coefficient (Wildman–Crippen LogP) is 10.5. The van der Waals surface area contributed by atoms with E-state index in [9.17, 15) is 20.1 Å². The van der Waals surface area contributed by atoms with Gasteiger partial charge in [-0.1, -0.05) is 54.1 Å². The van der Waals surface area contributed by atoms with Crippen molar-refractivity contribution in [2.24, 2.45) is 0 Å². The maximum absolute atomic E-state index is 14.7. The number of nitrogens with zero attached hydrogens (tertiary/aromatic N) is 4. The average Bonchev–Trinajstić information content (AvgIpc) is 3.45. The molecule has 6 nitrogen and oxygen atoms in total. The summed E-state index contributed by atoms with van der Waals surface area (Å²) >= 11 is 0. The highest BCUT2D eigenvalue weighted by Gasteiger charge is 2.27. The molecule has 0 atom stereocenters. The van der Waals surface area contributed by atoms with Gasteiger partial charge < -0.3 is 4.57 Å². The number of anilines is 1. The number of fused-ring (bicyclic) bond motifs is 3. The summed E-state index contributed by atoms with van der Waals surface area (Å²) in [5.41, 5.74) is 14.3. The van der Waals surface area contributed by atoms with Crippen molar-refractivity contribution in [3.63, 3.8) is 0 Å². The lowest BCUT2D eigenvalue weighted by Gasteiger charge is -2.24. The second-order valence-electron chi connectivity index (χ2n) is 13.6. The van der Waals surface area contributed by atoms with Crippen LogP contribution in [0.5, 0.6) is 0 Å². The molecule has 0 unspecified atom stereocenters. The Morgan fingerprint density at radius 3 is 1.60 bits per heavy atom. The van der Waals surface area contributed by atoms with Crippen LogP contribution in [0.2, 0.25) is 0 Å². The van der Waals surface area contributed by atoms with Crippen molar-refractivity contribution in [2.45, 2.75) is 41.5 Å². The summed E-state index contributed by atoms with van der Waals surface area (Å²) in [6.07, 6.45) is 0.619. The molecule has 0 bridgehead atoms. The van der Waals surface area contributed by atoms with Crippen LogP contribution in [-0.4, -0.2) is 16.9 Å². The van der Waals surface area contributed by atoms with Crippen molar-refractivity contribution >= 4 is 39.8 Å². The van der Waals surface area contributed by atoms with Crippen LogP contribution in [0, 0.1) is 64.2 Å². The number of aromatic nitrogens is 1. The Morgan fingerprint density at radius 1 is 0.615 bits per heavy atom. The molecule has 0 fully saturated rings. The molecule has 0 spiro atoms. The summed E-state index contributed by atoms with van der Waals surface area (Å²) < 4.78 is 2.12. The Hall–Kier alpha value is -6.76. The summed E-state index contributed by atoms with van der Waals surface area (Å²) in [7, 11) is 0. The summed E-state index contributed by atoms with van der Waals surface area (Å²) in [5, 5.41) is 20.9. The molecule has 6 heteroatoms. The van der Waals surface area contributed by atoms with Gasteiger partial charge in [-0.2, -0.15) is 10.5 Å². The van der Waals surface area contributed by atoms with Gasteiger partial charge in [0, 0.05) is 10.8 Å². The molecule has 6 aromatic carbocycles. The fourth-order valence-electron chi connectivity index (χ4n) is 7.72. The number of hydrogen-bond acceptors (Lipinski definition) is 4. The normalized spacial score (nSPS) is 11.0. The molecule has 0 aliphatic rings. The van der Waals surface area contributed by atoms with E-state index in [1.807, 2.05) is 108 Å². The molecule has 0 aliphatic carbocycles. The molecule has 0 saturated carbocycles. The minimum Gasteiger partial charge on any atom is -0.308 e. The summed E-state index contributed by atoms with van der Waals surface area (Å²) in [4.78, 5) is 28.7. The molecule has 0 N–H and O–H groups in total. The molecule has 52 heavy (non-hydrogen) atoms. The van der Waals surface area contributed by atoms with Crippen LogP contribution in [0.15, 0.2) is 103 Å². The highest BCUT2D eigenvalue weighted by Crippen LogP contribution is 2.40. The lowest BCUT2D eigenvalue weighted by Crippen LogP contribution is -2.32. The van der Waals surface area contributed by atoms with Crippen LogP contribution in [0.3, 0.4) is 0 Å². The van der Waals surface area contributed by atoms with Gasteiger partial charge in [0.05, 0.1) is 51.2 Å². The van der Waals surface area contributed by atoms with Gasteiger partial charge in [0.1, 0.15) is 0 Å². The van der Waals surface area contributed by atoms with Gasteiger partial charge in [-0.05, 0) is 146 Å². The molecule has 2 amide bonds. The van der Waals surface area contributed by atoms with Crippen LogP contribution in [0.1, 0.15) is 54.9 Å². The number of amides is 2. The van der Waals surface area contributed by atoms with Crippen molar-refractivity contribution in [3.05, 3.63) is 153 Å². The summed E-state index contributed by atoms with van der Waals surface area (Å²) in [6.45, 7) is 11.8. The van der Waals surface area contributed by atoms with Crippen LogP contribution in [0.25, 0.3) is 49.7 Å². The first-order valence-corrected chi connectivity index (χ1v) is 17.1. The van der Waals surface area contributed by atoms with Gasteiger partial charge in [-0.3, -0.25) is 9.59 Å². The first-order valence-electron chi connectivity index (χ1n) is 17.1. The maximum Gasteiger partial charge on any atom is 0.267 e. The molecule has 1 aromatic heterocycles. The van der Waals surface area contributed by atoms with Crippen molar-refractivity contribution in [2.75, 3.05) is 4.90 Å². The van der Waals surface area contributed by atoms with Gasteiger partial charge in [-0.15, -0.1) is 0 Å². The average molecular weight is 677 g/mol. The number of aryl methyl sites for hydroxylation is 6. The number of benzene rings is 6. The topological polar surface area (TPSA) is 89.9 Å². The zero-order chi connectivity index (χ0) is 36.8. The van der Waals surface area contributed by atoms with Crippen LogP contribution < -0.4 is 4.90 Å². The molecule has 7 rings (SSSR count). The lowest BCUT2D eigenvalue weighted by atomic mass is 9.95. The van der Waals surface area contributed by atoms with E-state index in [0.717, 1.165) is 77.4 Å². The number of nitriles is 2. The third kappa shape index (κ3) is 5.61. The van der Waals surface area contributed by atoms with Crippen molar-refractivity contribution in [1.29, 1.82) is 10.5 Å². The number of carbonyl (C=O) groups is 2. The number of rotatable bonds is 6. The Bertz CT molecular complexity index is 2580. The Balaban J connectivity index is 1.50. The highest BCUT2D eigenvalue weighted by molar-refractivity contribution is 6.19. The Kier molecular flexibility index (Phi) is 8.54. The molecular weight excluding hydrogens is 641 g/mol. The quantitative estimate of drug-likeness (QED) is 0.164. The molecule has 0 aliphatic heterocycles. The zero-order valence-electron chi connectivity index (χ0n) is 30.0. The zero-order valence-corrected chi connectivity index (χ0v) is 30.0. The standard InChI is InChI=1S/C46H36N4O2/c1-27-18-31(5)45(32(6)19-27)49(26-51)46(52)44-28(2)8-7-9-43(44)50-41-16-12-35(37-14-10-33(24-47)20-29(37)3)22-39(41)40-23-36(13-17-42(40)50)38-15-11-34(25-48)21-30(38)4/h7-23,26H,1-6H3. The van der Waals surface area contributed by atoms with Crippen molar-refractivity contribution in [1.82, 2.24) is 4.57 Å². The van der Waals surface area contributed by atoms with Crippen molar-refractivity contribution < 1.29 is 9.59 Å². The SMILES string of the molecule is Cc1cc(C)c(N(C=O)C(=O)c2c(C)cccc2-n2c3ccc(-c4ccc(C#N)cc4C)cc3c3cc(-c4ccc(C#N)cc4C)ccc32)c(C)c1. The summed E-state index contributed by atoms with van der Waals surface area (Å²) in [5.74, 6) is -0.400. The number of carbonyl (C=O) groups excluding carboxylic acids is 2. The fourth-order valence-corrected chi connectivity index (χ4v) is 7.72. The van der Waals surface area contributed by atoms with Gasteiger partial charge in [0.2, 0.25) is 6.41 Å². The third-order valence-corrected chi connectivity index (χ3v) is 10.0. The van der Waals surface area contributed by atoms with E-state index in [0.29, 0.717) is 34.5 Å². The van der Waals surface area contributed by atoms with E-state index in [2.05, 4.69) is 53.1 Å². The van der Waals surface area contributed by atoms with Crippen molar-refractivity contribution in [3.8, 4) is 40.1 Å². The van der Waals surface area contributed by atoms with Gasteiger partial charge >= 0.3 is 0 Å². The first-order chi connectivity index (χ1) is 25.0. The number of imide groups is 1. The van der Waals surface area contributed by atoms with Crippen LogP contribution >= 0.6 is 0 Å². The summed E-state index contributed by atoms with van der Waals surface area (Å²) in [6, 6.07) is 38.3. The minimum atomic E-state index is -0.400. The second-order valence-corrected chi connectivity index (χ2v) is 13.6. The molecule has 252 valence electrons. The van der Waals surface area contributed by atoms with Crippen LogP contribution in [-0.2, 0) is 4.79 Å². The lowest BCUT2D eigenvalue weighted by molar-refractivity contribution is -0.107. The molecule has 7 aromatic rings. The second kappa shape index (κ2) is 13.2. The molecular formula is C46H36N4O2. The molecule has 0 radical (unpaired) electrons. The molecule has 1 heterocycles. The smallest absolute Gasteiger partial charge is 0.267 e. The minimum absolute atomic E-state index is 0.400. The van der Waals surface area contributed by atoms with Crippen LogP contribution in [0.4, 0.5) is 5.69 Å². The Labute approximate surface area is 303 Å². The van der Waals surface area contributed by atoms with Gasteiger partial charge in [-0.25, -0.2) is 4.90 Å². The third-order valence-electron chi connectivity index (χ3n) is 10.0. The van der Waals surface area contributed by atoms with Gasteiger partial charge in [0.25, 0.3) is 5.91 Å². The Morgan fingerprint density at radius 2 is 1.13 bits per heavy atom. The van der Waals surface area contributed by atoms with E-state index < -0.39 is 5.91 Å². The highest BCUT2D eigenvalue weighted by atomic mass is 16.2. The van der Waals surface area contributed by atoms with E-state index in [-0.39, 0.29) is 0 Å².